The molecule has 1 saturated heterocycles. The summed E-state index contributed by atoms with van der Waals surface area (Å²) in [6.07, 6.45) is 0.418. The van der Waals surface area contributed by atoms with E-state index in [4.69, 9.17) is 4.74 Å². The lowest BCUT2D eigenvalue weighted by molar-refractivity contribution is -0.132. The molecular weight excluding hydrogens is 450 g/mol. The number of rotatable bonds is 7. The van der Waals surface area contributed by atoms with Gasteiger partial charge < -0.3 is 19.7 Å². The average Bonchev–Trinajstić information content (AvgIpc) is 3.08. The Labute approximate surface area is 174 Å². The minimum Gasteiger partial charge on any atom is -0.493 e. The smallest absolute Gasteiger partial charge is 0.387 e. The monoisotopic (exact) mass is 468 g/mol. The number of methoxy groups -OCH3 is 1. The lowest BCUT2D eigenvalue weighted by atomic mass is 10.1. The highest BCUT2D eigenvalue weighted by molar-refractivity contribution is 9.10. The molecule has 3 rings (SSSR count). The Kier molecular flexibility index (Phi) is 6.68. The number of hydrogen-bond donors (Lipinski definition) is 1. The first-order chi connectivity index (χ1) is 13.9. The van der Waals surface area contributed by atoms with E-state index in [0.717, 1.165) is 10.2 Å². The quantitative estimate of drug-likeness (QED) is 0.628. The zero-order chi connectivity index (χ0) is 21.0. The van der Waals surface area contributed by atoms with Crippen LogP contribution in [-0.2, 0) is 16.1 Å². The molecule has 1 fully saturated rings. The number of nitrogens with zero attached hydrogens (tertiary/aromatic N) is 1. The number of hydrogen-bond acceptors (Lipinski definition) is 4. The van der Waals surface area contributed by atoms with Crippen LogP contribution in [0.1, 0.15) is 12.0 Å². The Bertz CT molecular complexity index is 910. The van der Waals surface area contributed by atoms with Gasteiger partial charge in [0.2, 0.25) is 11.8 Å². The number of anilines is 1. The fourth-order valence-electron chi connectivity index (χ4n) is 3.15. The van der Waals surface area contributed by atoms with E-state index in [1.165, 1.54) is 19.2 Å². The van der Waals surface area contributed by atoms with E-state index >= 15 is 0 Å². The Morgan fingerprint density at radius 2 is 2.07 bits per heavy atom. The van der Waals surface area contributed by atoms with Crippen LogP contribution in [0.5, 0.6) is 11.5 Å². The molecule has 9 heteroatoms. The van der Waals surface area contributed by atoms with Crippen LogP contribution in [0, 0.1) is 5.92 Å². The van der Waals surface area contributed by atoms with Crippen LogP contribution < -0.4 is 19.7 Å². The minimum absolute atomic E-state index is 0.0896. The summed E-state index contributed by atoms with van der Waals surface area (Å²) < 4.78 is 35.1. The van der Waals surface area contributed by atoms with Gasteiger partial charge in [-0.3, -0.25) is 9.59 Å². The molecule has 2 aromatic carbocycles. The van der Waals surface area contributed by atoms with Crippen LogP contribution in [0.4, 0.5) is 14.5 Å². The maximum absolute atomic E-state index is 12.7. The molecule has 6 nitrogen and oxygen atoms in total. The van der Waals surface area contributed by atoms with Gasteiger partial charge in [0.1, 0.15) is 5.92 Å². The average molecular weight is 469 g/mol. The Morgan fingerprint density at radius 3 is 2.76 bits per heavy atom. The molecule has 0 bridgehead atoms. The largest absolute Gasteiger partial charge is 0.493 e. The van der Waals surface area contributed by atoms with Crippen molar-refractivity contribution in [3.63, 3.8) is 0 Å². The molecule has 1 unspecified atom stereocenters. The van der Waals surface area contributed by atoms with Crippen molar-refractivity contribution >= 4 is 33.4 Å². The summed E-state index contributed by atoms with van der Waals surface area (Å²) in [5.74, 6) is -1.35. The third kappa shape index (κ3) is 5.03. The van der Waals surface area contributed by atoms with Crippen molar-refractivity contribution in [1.82, 2.24) is 5.32 Å². The molecule has 2 aromatic rings. The van der Waals surface area contributed by atoms with Crippen molar-refractivity contribution in [2.45, 2.75) is 19.6 Å². The Balaban J connectivity index is 1.62. The van der Waals surface area contributed by atoms with Gasteiger partial charge in [-0.05, 0) is 42.3 Å². The summed E-state index contributed by atoms with van der Waals surface area (Å²) in [7, 11) is 1.34. The van der Waals surface area contributed by atoms with Crippen LogP contribution in [0.15, 0.2) is 46.9 Å². The van der Waals surface area contributed by atoms with Gasteiger partial charge in [-0.2, -0.15) is 8.78 Å². The number of carbonyl (C=O) groups excluding carboxylic acids is 2. The molecule has 0 aliphatic carbocycles. The van der Waals surface area contributed by atoms with Crippen molar-refractivity contribution in [3.8, 4) is 11.5 Å². The summed E-state index contributed by atoms with van der Waals surface area (Å²) in [5.41, 5.74) is 1.37. The highest BCUT2D eigenvalue weighted by Crippen LogP contribution is 2.30. The van der Waals surface area contributed by atoms with Gasteiger partial charge in [-0.15, -0.1) is 0 Å². The normalized spacial score (nSPS) is 16.2. The van der Waals surface area contributed by atoms with Crippen LogP contribution in [0.3, 0.4) is 0 Å². The van der Waals surface area contributed by atoms with Crippen LogP contribution >= 0.6 is 15.9 Å². The number of benzene rings is 2. The maximum atomic E-state index is 12.7. The second kappa shape index (κ2) is 9.21. The van der Waals surface area contributed by atoms with Gasteiger partial charge in [0.25, 0.3) is 0 Å². The molecule has 1 aliphatic heterocycles. The third-order valence-electron chi connectivity index (χ3n) is 4.55. The standard InChI is InChI=1S/C20H19BrF2N2O4/c1-28-17-9-12(5-6-16(17)29-20(22)23)11-24-18(26)15-7-8-25(19(15)27)14-4-2-3-13(21)10-14/h2-6,9-10,15,20H,7-8,11H2,1H3,(H,24,26). The van der Waals surface area contributed by atoms with E-state index < -0.39 is 12.5 Å². The number of alkyl halides is 2. The SMILES string of the molecule is COc1cc(CNC(=O)C2CCN(c3cccc(Br)c3)C2=O)ccc1OC(F)F. The van der Waals surface area contributed by atoms with Gasteiger partial charge in [0.05, 0.1) is 7.11 Å². The highest BCUT2D eigenvalue weighted by atomic mass is 79.9. The van der Waals surface area contributed by atoms with Gasteiger partial charge in [-0.1, -0.05) is 28.1 Å². The van der Waals surface area contributed by atoms with E-state index in [0.29, 0.717) is 18.5 Å². The fourth-order valence-corrected chi connectivity index (χ4v) is 3.54. The van der Waals surface area contributed by atoms with Gasteiger partial charge in [0.15, 0.2) is 11.5 Å². The molecular formula is C20H19BrF2N2O4. The Hall–Kier alpha value is -2.68. The summed E-state index contributed by atoms with van der Waals surface area (Å²) in [5, 5.41) is 2.73. The summed E-state index contributed by atoms with van der Waals surface area (Å²) in [6, 6.07) is 11.7. The molecule has 29 heavy (non-hydrogen) atoms. The Morgan fingerprint density at radius 1 is 1.28 bits per heavy atom. The molecule has 0 spiro atoms. The van der Waals surface area contributed by atoms with Crippen molar-refractivity contribution in [3.05, 3.63) is 52.5 Å². The van der Waals surface area contributed by atoms with Gasteiger partial charge in [-0.25, -0.2) is 0 Å². The molecule has 1 N–H and O–H groups in total. The molecule has 1 aliphatic rings. The predicted molar refractivity (Wildman–Crippen MR) is 106 cm³/mol. The lowest BCUT2D eigenvalue weighted by Gasteiger charge is -2.17. The molecule has 154 valence electrons. The van der Waals surface area contributed by atoms with Gasteiger partial charge in [0, 0.05) is 23.2 Å². The molecule has 1 heterocycles. The lowest BCUT2D eigenvalue weighted by Crippen LogP contribution is -2.36. The molecule has 0 saturated carbocycles. The van der Waals surface area contributed by atoms with E-state index in [1.807, 2.05) is 24.3 Å². The van der Waals surface area contributed by atoms with E-state index in [9.17, 15) is 18.4 Å². The molecule has 2 amide bonds. The van der Waals surface area contributed by atoms with E-state index in [1.54, 1.807) is 11.0 Å². The third-order valence-corrected chi connectivity index (χ3v) is 5.05. The van der Waals surface area contributed by atoms with Crippen molar-refractivity contribution in [1.29, 1.82) is 0 Å². The van der Waals surface area contributed by atoms with Crippen molar-refractivity contribution in [2.75, 3.05) is 18.6 Å². The first-order valence-electron chi connectivity index (χ1n) is 8.85. The second-order valence-corrected chi connectivity index (χ2v) is 7.31. The first kappa shape index (κ1) is 21.0. The molecule has 1 atom stereocenters. The zero-order valence-electron chi connectivity index (χ0n) is 15.5. The van der Waals surface area contributed by atoms with E-state index in [2.05, 4.69) is 26.0 Å². The van der Waals surface area contributed by atoms with Crippen LogP contribution in [-0.4, -0.2) is 32.1 Å². The molecule has 0 aromatic heterocycles. The number of carbonyl (C=O) groups is 2. The van der Waals surface area contributed by atoms with Crippen LogP contribution in [0.2, 0.25) is 0 Å². The summed E-state index contributed by atoms with van der Waals surface area (Å²) in [6.45, 7) is -2.37. The summed E-state index contributed by atoms with van der Waals surface area (Å²) >= 11 is 3.38. The number of ether oxygens (including phenoxy) is 2. The maximum Gasteiger partial charge on any atom is 0.387 e. The van der Waals surface area contributed by atoms with Gasteiger partial charge >= 0.3 is 6.61 Å². The number of nitrogens with one attached hydrogen (secondary N) is 1. The van der Waals surface area contributed by atoms with Crippen molar-refractivity contribution in [2.24, 2.45) is 5.92 Å². The molecule has 0 radical (unpaired) electrons. The second-order valence-electron chi connectivity index (χ2n) is 6.39. The zero-order valence-corrected chi connectivity index (χ0v) is 17.1. The van der Waals surface area contributed by atoms with Crippen LogP contribution in [0.25, 0.3) is 0 Å². The van der Waals surface area contributed by atoms with Crippen molar-refractivity contribution < 1.29 is 27.8 Å². The predicted octanol–water partition coefficient (Wildman–Crippen LogP) is 3.73. The fraction of sp³-hybridized carbons (Fsp3) is 0.300. The van der Waals surface area contributed by atoms with E-state index in [-0.39, 0.29) is 29.9 Å². The highest BCUT2D eigenvalue weighted by Gasteiger charge is 2.37. The summed E-state index contributed by atoms with van der Waals surface area (Å²) in [4.78, 5) is 26.8. The number of halogens is 3. The first-order valence-corrected chi connectivity index (χ1v) is 9.64. The number of amides is 2. The topological polar surface area (TPSA) is 67.9 Å². The minimum atomic E-state index is -2.96.